The second-order valence-corrected chi connectivity index (χ2v) is 6.70. The van der Waals surface area contributed by atoms with Gasteiger partial charge in [-0.05, 0) is 67.8 Å². The zero-order valence-electron chi connectivity index (χ0n) is 14.8. The number of anilines is 1. The topological polar surface area (TPSA) is 47.6 Å². The zero-order chi connectivity index (χ0) is 18.2. The molecular formula is C20H24ClNO3. The fourth-order valence-corrected chi connectivity index (χ4v) is 2.19. The van der Waals surface area contributed by atoms with Crippen molar-refractivity contribution < 1.29 is 14.3 Å². The van der Waals surface area contributed by atoms with Crippen LogP contribution in [0.2, 0.25) is 5.02 Å². The van der Waals surface area contributed by atoms with Crippen molar-refractivity contribution in [1.29, 1.82) is 0 Å². The van der Waals surface area contributed by atoms with E-state index in [1.54, 1.807) is 31.2 Å². The minimum atomic E-state index is -0.622. The third-order valence-electron chi connectivity index (χ3n) is 3.58. The minimum Gasteiger partial charge on any atom is -0.494 e. The molecule has 0 aliphatic rings. The van der Waals surface area contributed by atoms with Crippen molar-refractivity contribution in [2.24, 2.45) is 5.92 Å². The molecule has 0 fully saturated rings. The summed E-state index contributed by atoms with van der Waals surface area (Å²) in [5.74, 6) is 1.79. The standard InChI is InChI=1S/C20H24ClNO3/c1-14(2)12-13-24-18-10-6-17(7-11-18)22-20(23)15(3)25-19-8-4-16(21)5-9-19/h4-11,14-15H,12-13H2,1-3H3,(H,22,23). The molecule has 0 aromatic heterocycles. The number of ether oxygens (including phenoxy) is 2. The van der Waals surface area contributed by atoms with Crippen LogP contribution in [-0.2, 0) is 4.79 Å². The fourth-order valence-electron chi connectivity index (χ4n) is 2.06. The maximum absolute atomic E-state index is 12.2. The van der Waals surface area contributed by atoms with Crippen LogP contribution in [0.25, 0.3) is 0 Å². The van der Waals surface area contributed by atoms with Gasteiger partial charge >= 0.3 is 0 Å². The Labute approximate surface area is 154 Å². The van der Waals surface area contributed by atoms with Gasteiger partial charge in [-0.15, -0.1) is 0 Å². The van der Waals surface area contributed by atoms with Crippen molar-refractivity contribution in [3.8, 4) is 11.5 Å². The van der Waals surface area contributed by atoms with Crippen molar-refractivity contribution in [1.82, 2.24) is 0 Å². The molecule has 0 saturated carbocycles. The molecule has 0 aliphatic heterocycles. The van der Waals surface area contributed by atoms with Crippen molar-refractivity contribution in [3.63, 3.8) is 0 Å². The van der Waals surface area contributed by atoms with Crippen molar-refractivity contribution in [3.05, 3.63) is 53.6 Å². The highest BCUT2D eigenvalue weighted by atomic mass is 35.5. The largest absolute Gasteiger partial charge is 0.494 e. The van der Waals surface area contributed by atoms with Gasteiger partial charge in [0.2, 0.25) is 0 Å². The third-order valence-corrected chi connectivity index (χ3v) is 3.83. The van der Waals surface area contributed by atoms with Gasteiger partial charge in [0.25, 0.3) is 5.91 Å². The average Bonchev–Trinajstić information content (AvgIpc) is 2.58. The first-order valence-corrected chi connectivity index (χ1v) is 8.78. The van der Waals surface area contributed by atoms with Gasteiger partial charge < -0.3 is 14.8 Å². The summed E-state index contributed by atoms with van der Waals surface area (Å²) in [5.41, 5.74) is 0.702. The van der Waals surface area contributed by atoms with E-state index in [9.17, 15) is 4.79 Å². The van der Waals surface area contributed by atoms with Crippen LogP contribution in [0.1, 0.15) is 27.2 Å². The molecule has 2 rings (SSSR count). The quantitative estimate of drug-likeness (QED) is 0.705. The number of benzene rings is 2. The van der Waals surface area contributed by atoms with Gasteiger partial charge in [-0.3, -0.25) is 4.79 Å². The Hall–Kier alpha value is -2.20. The van der Waals surface area contributed by atoms with Gasteiger partial charge in [0.1, 0.15) is 11.5 Å². The Kier molecular flexibility index (Phi) is 7.14. The number of hydrogen-bond acceptors (Lipinski definition) is 3. The molecule has 1 N–H and O–H groups in total. The van der Waals surface area contributed by atoms with Gasteiger partial charge in [0, 0.05) is 10.7 Å². The highest BCUT2D eigenvalue weighted by Crippen LogP contribution is 2.19. The maximum atomic E-state index is 12.2. The molecule has 0 bridgehead atoms. The Morgan fingerprint density at radius 2 is 1.60 bits per heavy atom. The number of nitrogens with one attached hydrogen (secondary N) is 1. The molecule has 0 saturated heterocycles. The first-order chi connectivity index (χ1) is 11.9. The number of hydrogen-bond donors (Lipinski definition) is 1. The van der Waals surface area contributed by atoms with Gasteiger partial charge in [0.15, 0.2) is 6.10 Å². The molecule has 1 unspecified atom stereocenters. The third kappa shape index (κ3) is 6.67. The molecule has 134 valence electrons. The van der Waals surface area contributed by atoms with Crippen LogP contribution in [0.3, 0.4) is 0 Å². The number of rotatable bonds is 8. The lowest BCUT2D eigenvalue weighted by molar-refractivity contribution is -0.122. The van der Waals surface area contributed by atoms with E-state index < -0.39 is 6.10 Å². The summed E-state index contributed by atoms with van der Waals surface area (Å²) in [6.07, 6.45) is 0.390. The molecular weight excluding hydrogens is 338 g/mol. The van der Waals surface area contributed by atoms with E-state index in [2.05, 4.69) is 19.2 Å². The summed E-state index contributed by atoms with van der Waals surface area (Å²) in [6, 6.07) is 14.2. The van der Waals surface area contributed by atoms with E-state index in [4.69, 9.17) is 21.1 Å². The van der Waals surface area contributed by atoms with Crippen LogP contribution in [-0.4, -0.2) is 18.6 Å². The van der Waals surface area contributed by atoms with Gasteiger partial charge in [-0.1, -0.05) is 25.4 Å². The smallest absolute Gasteiger partial charge is 0.265 e. The molecule has 2 aromatic rings. The lowest BCUT2D eigenvalue weighted by Gasteiger charge is -2.15. The summed E-state index contributed by atoms with van der Waals surface area (Å²) in [5, 5.41) is 3.45. The maximum Gasteiger partial charge on any atom is 0.265 e. The number of amides is 1. The lowest BCUT2D eigenvalue weighted by atomic mass is 10.1. The summed E-state index contributed by atoms with van der Waals surface area (Å²) in [7, 11) is 0. The Bertz CT molecular complexity index is 668. The van der Waals surface area contributed by atoms with E-state index in [1.165, 1.54) is 0 Å². The summed E-state index contributed by atoms with van der Waals surface area (Å²) < 4.78 is 11.3. The Morgan fingerprint density at radius 1 is 1.00 bits per heavy atom. The van der Waals surface area contributed by atoms with Crippen molar-refractivity contribution >= 4 is 23.2 Å². The van der Waals surface area contributed by atoms with Gasteiger partial charge in [-0.2, -0.15) is 0 Å². The van der Waals surface area contributed by atoms with Crippen LogP contribution in [0.4, 0.5) is 5.69 Å². The molecule has 1 atom stereocenters. The summed E-state index contributed by atoms with van der Waals surface area (Å²) in [4.78, 5) is 12.2. The monoisotopic (exact) mass is 361 g/mol. The summed E-state index contributed by atoms with van der Waals surface area (Å²) in [6.45, 7) is 6.72. The van der Waals surface area contributed by atoms with Crippen molar-refractivity contribution in [2.75, 3.05) is 11.9 Å². The summed E-state index contributed by atoms with van der Waals surface area (Å²) >= 11 is 5.83. The predicted molar refractivity (Wildman–Crippen MR) is 102 cm³/mol. The van der Waals surface area contributed by atoms with Crippen LogP contribution in [0, 0.1) is 5.92 Å². The lowest BCUT2D eigenvalue weighted by Crippen LogP contribution is -2.30. The molecule has 5 heteroatoms. The highest BCUT2D eigenvalue weighted by Gasteiger charge is 2.15. The molecule has 0 spiro atoms. The minimum absolute atomic E-state index is 0.219. The van der Waals surface area contributed by atoms with Crippen molar-refractivity contribution in [2.45, 2.75) is 33.3 Å². The predicted octanol–water partition coefficient (Wildman–Crippen LogP) is 5.17. The van der Waals surface area contributed by atoms with E-state index >= 15 is 0 Å². The Balaban J connectivity index is 1.83. The van der Waals surface area contributed by atoms with Crippen LogP contribution >= 0.6 is 11.6 Å². The van der Waals surface area contributed by atoms with Crippen LogP contribution in [0.5, 0.6) is 11.5 Å². The van der Waals surface area contributed by atoms with E-state index in [1.807, 2.05) is 24.3 Å². The first kappa shape index (κ1) is 19.1. The SMILES string of the molecule is CC(C)CCOc1ccc(NC(=O)C(C)Oc2ccc(Cl)cc2)cc1. The molecule has 4 nitrogen and oxygen atoms in total. The second kappa shape index (κ2) is 9.33. The molecule has 2 aromatic carbocycles. The van der Waals surface area contributed by atoms with E-state index in [0.29, 0.717) is 29.0 Å². The molecule has 1 amide bonds. The molecule has 0 aliphatic carbocycles. The normalized spacial score (nSPS) is 11.9. The van der Waals surface area contributed by atoms with E-state index in [-0.39, 0.29) is 5.91 Å². The number of halogens is 1. The molecule has 0 radical (unpaired) electrons. The Morgan fingerprint density at radius 3 is 2.20 bits per heavy atom. The fraction of sp³-hybridized carbons (Fsp3) is 0.350. The van der Waals surface area contributed by atoms with Crippen LogP contribution in [0.15, 0.2) is 48.5 Å². The van der Waals surface area contributed by atoms with Gasteiger partial charge in [-0.25, -0.2) is 0 Å². The van der Waals surface area contributed by atoms with Crippen LogP contribution < -0.4 is 14.8 Å². The highest BCUT2D eigenvalue weighted by molar-refractivity contribution is 6.30. The zero-order valence-corrected chi connectivity index (χ0v) is 15.5. The molecule has 25 heavy (non-hydrogen) atoms. The average molecular weight is 362 g/mol. The number of carbonyl (C=O) groups excluding carboxylic acids is 1. The van der Waals surface area contributed by atoms with E-state index in [0.717, 1.165) is 12.2 Å². The molecule has 0 heterocycles. The number of carbonyl (C=O) groups is 1. The first-order valence-electron chi connectivity index (χ1n) is 8.40. The van der Waals surface area contributed by atoms with Gasteiger partial charge in [0.05, 0.1) is 6.61 Å². The second-order valence-electron chi connectivity index (χ2n) is 6.26.